The van der Waals surface area contributed by atoms with Crippen LogP contribution in [-0.4, -0.2) is 11.1 Å². The fraction of sp³-hybridized carbons (Fsp3) is 0.111. The minimum absolute atomic E-state index is 0.523. The zero-order valence-corrected chi connectivity index (χ0v) is 7.49. The first-order valence-electron chi connectivity index (χ1n) is 3.66. The second-order valence-electron chi connectivity index (χ2n) is 2.55. The van der Waals surface area contributed by atoms with Gasteiger partial charge in [-0.25, -0.2) is 0 Å². The first-order valence-corrected chi connectivity index (χ1v) is 4.04. The molecule has 1 unspecified atom stereocenters. The highest BCUT2D eigenvalue weighted by Crippen LogP contribution is 2.17. The molecule has 0 heterocycles. The van der Waals surface area contributed by atoms with E-state index in [1.54, 1.807) is 30.3 Å². The van der Waals surface area contributed by atoms with Crippen molar-refractivity contribution >= 4 is 22.8 Å². The minimum Gasteiger partial charge on any atom is -0.369 e. The number of amides is 1. The molecule has 3 nitrogen and oxygen atoms in total. The number of carbonyl (C=O) groups excluding carboxylic acids is 2. The summed E-state index contributed by atoms with van der Waals surface area (Å²) in [7, 11) is 0. The fourth-order valence-electron chi connectivity index (χ4n) is 1.05. The van der Waals surface area contributed by atoms with Crippen LogP contribution >= 0.6 is 11.6 Å². The SMILES string of the molecule is NC(=O)C(C(=O)Cl)c1ccccc1. The van der Waals surface area contributed by atoms with Gasteiger partial charge >= 0.3 is 0 Å². The molecule has 0 aliphatic carbocycles. The molecule has 2 N–H and O–H groups in total. The Bertz CT molecular complexity index is 310. The van der Waals surface area contributed by atoms with E-state index in [1.807, 2.05) is 0 Å². The Morgan fingerprint density at radius 3 is 2.15 bits per heavy atom. The number of hydrogen-bond donors (Lipinski definition) is 1. The van der Waals surface area contributed by atoms with Crippen molar-refractivity contribution in [1.82, 2.24) is 0 Å². The molecular formula is C9H8ClNO2. The van der Waals surface area contributed by atoms with Gasteiger partial charge in [-0.3, -0.25) is 9.59 Å². The second kappa shape index (κ2) is 4.05. The molecule has 1 atom stereocenters. The van der Waals surface area contributed by atoms with Crippen LogP contribution in [0.3, 0.4) is 0 Å². The maximum absolute atomic E-state index is 10.9. The van der Waals surface area contributed by atoms with Gasteiger partial charge in [0.25, 0.3) is 0 Å². The van der Waals surface area contributed by atoms with Crippen molar-refractivity contribution in [2.75, 3.05) is 0 Å². The van der Waals surface area contributed by atoms with Crippen LogP contribution in [0, 0.1) is 0 Å². The Balaban J connectivity index is 3.03. The quantitative estimate of drug-likeness (QED) is 0.581. The molecule has 0 radical (unpaired) electrons. The fourth-order valence-corrected chi connectivity index (χ4v) is 1.29. The molecule has 0 aliphatic heterocycles. The maximum Gasteiger partial charge on any atom is 0.238 e. The highest BCUT2D eigenvalue weighted by atomic mass is 35.5. The lowest BCUT2D eigenvalue weighted by Gasteiger charge is -2.07. The van der Waals surface area contributed by atoms with Crippen molar-refractivity contribution in [1.29, 1.82) is 0 Å². The molecule has 0 aliphatic rings. The average molecular weight is 198 g/mol. The summed E-state index contributed by atoms with van der Waals surface area (Å²) in [6, 6.07) is 8.47. The maximum atomic E-state index is 10.9. The summed E-state index contributed by atoms with van der Waals surface area (Å²) in [5, 5.41) is -0.751. The average Bonchev–Trinajstić information content (AvgIpc) is 2.04. The Morgan fingerprint density at radius 1 is 1.23 bits per heavy atom. The van der Waals surface area contributed by atoms with Gasteiger partial charge in [-0.1, -0.05) is 30.3 Å². The molecule has 1 rings (SSSR count). The molecule has 0 spiro atoms. The van der Waals surface area contributed by atoms with Crippen molar-refractivity contribution < 1.29 is 9.59 Å². The second-order valence-corrected chi connectivity index (χ2v) is 2.92. The van der Waals surface area contributed by atoms with Crippen LogP contribution in [0.2, 0.25) is 0 Å². The molecule has 68 valence electrons. The van der Waals surface area contributed by atoms with Crippen LogP contribution in [0.25, 0.3) is 0 Å². The summed E-state index contributed by atoms with van der Waals surface area (Å²) in [4.78, 5) is 21.7. The lowest BCUT2D eigenvalue weighted by molar-refractivity contribution is -0.124. The molecule has 4 heteroatoms. The third kappa shape index (κ3) is 2.29. The number of hydrogen-bond acceptors (Lipinski definition) is 2. The summed E-state index contributed by atoms with van der Waals surface area (Å²) in [5.41, 5.74) is 5.55. The van der Waals surface area contributed by atoms with Crippen LogP contribution in [-0.2, 0) is 9.59 Å². The summed E-state index contributed by atoms with van der Waals surface area (Å²) >= 11 is 5.23. The Kier molecular flexibility index (Phi) is 3.03. The molecule has 1 aromatic carbocycles. The number of benzene rings is 1. The van der Waals surface area contributed by atoms with Crippen LogP contribution in [0.5, 0.6) is 0 Å². The van der Waals surface area contributed by atoms with E-state index >= 15 is 0 Å². The van der Waals surface area contributed by atoms with E-state index in [9.17, 15) is 9.59 Å². The molecular weight excluding hydrogens is 190 g/mol. The van der Waals surface area contributed by atoms with Crippen LogP contribution in [0.1, 0.15) is 11.5 Å². The van der Waals surface area contributed by atoms with E-state index in [0.717, 1.165) is 0 Å². The lowest BCUT2D eigenvalue weighted by atomic mass is 10.0. The summed E-state index contributed by atoms with van der Waals surface area (Å²) < 4.78 is 0. The Hall–Kier alpha value is -1.35. The third-order valence-electron chi connectivity index (χ3n) is 1.64. The molecule has 1 aromatic rings. The van der Waals surface area contributed by atoms with Crippen molar-refractivity contribution in [3.63, 3.8) is 0 Å². The number of carbonyl (C=O) groups is 2. The van der Waals surface area contributed by atoms with Gasteiger partial charge in [0, 0.05) is 0 Å². The van der Waals surface area contributed by atoms with Crippen molar-refractivity contribution in [3.05, 3.63) is 35.9 Å². The van der Waals surface area contributed by atoms with E-state index in [1.165, 1.54) is 0 Å². The largest absolute Gasteiger partial charge is 0.369 e. The number of nitrogens with two attached hydrogens (primary N) is 1. The zero-order valence-electron chi connectivity index (χ0n) is 6.74. The first kappa shape index (κ1) is 9.74. The first-order chi connectivity index (χ1) is 6.13. The van der Waals surface area contributed by atoms with E-state index in [0.29, 0.717) is 5.56 Å². The van der Waals surface area contributed by atoms with Crippen molar-refractivity contribution in [3.8, 4) is 0 Å². The molecule has 0 saturated heterocycles. The topological polar surface area (TPSA) is 60.2 Å². The van der Waals surface area contributed by atoms with E-state index in [4.69, 9.17) is 17.3 Å². The number of primary amides is 1. The Labute approximate surface area is 80.5 Å². The highest BCUT2D eigenvalue weighted by Gasteiger charge is 2.23. The van der Waals surface area contributed by atoms with Crippen LogP contribution < -0.4 is 5.73 Å². The highest BCUT2D eigenvalue weighted by molar-refractivity contribution is 6.66. The normalized spacial score (nSPS) is 12.1. The standard InChI is InChI=1S/C9H8ClNO2/c10-8(12)7(9(11)13)6-4-2-1-3-5-6/h1-5,7H,(H2,11,13). The summed E-state index contributed by atoms with van der Waals surface area (Å²) in [5.74, 6) is -1.77. The molecule has 13 heavy (non-hydrogen) atoms. The predicted molar refractivity (Wildman–Crippen MR) is 49.2 cm³/mol. The third-order valence-corrected chi connectivity index (χ3v) is 1.86. The molecule has 1 amide bonds. The summed E-state index contributed by atoms with van der Waals surface area (Å²) in [6.07, 6.45) is 0. The molecule has 0 bridgehead atoms. The van der Waals surface area contributed by atoms with Gasteiger partial charge in [-0.15, -0.1) is 0 Å². The van der Waals surface area contributed by atoms with E-state index in [-0.39, 0.29) is 0 Å². The van der Waals surface area contributed by atoms with E-state index in [2.05, 4.69) is 0 Å². The van der Waals surface area contributed by atoms with Crippen LogP contribution in [0.15, 0.2) is 30.3 Å². The minimum atomic E-state index is -1.04. The smallest absolute Gasteiger partial charge is 0.238 e. The molecule has 0 saturated carbocycles. The van der Waals surface area contributed by atoms with Gasteiger partial charge in [-0.2, -0.15) is 0 Å². The van der Waals surface area contributed by atoms with Gasteiger partial charge in [0.05, 0.1) is 0 Å². The number of halogens is 1. The predicted octanol–water partition coefficient (Wildman–Crippen LogP) is 1.02. The van der Waals surface area contributed by atoms with Crippen molar-refractivity contribution in [2.24, 2.45) is 5.73 Å². The van der Waals surface area contributed by atoms with E-state index < -0.39 is 17.1 Å². The van der Waals surface area contributed by atoms with Gasteiger partial charge in [0.1, 0.15) is 5.92 Å². The van der Waals surface area contributed by atoms with Gasteiger partial charge in [0.15, 0.2) is 0 Å². The van der Waals surface area contributed by atoms with Gasteiger partial charge < -0.3 is 5.73 Å². The van der Waals surface area contributed by atoms with Crippen LogP contribution in [0.4, 0.5) is 0 Å². The van der Waals surface area contributed by atoms with Gasteiger partial charge in [0.2, 0.25) is 11.1 Å². The Morgan fingerprint density at radius 2 is 1.77 bits per heavy atom. The van der Waals surface area contributed by atoms with Crippen molar-refractivity contribution in [2.45, 2.75) is 5.92 Å². The lowest BCUT2D eigenvalue weighted by Crippen LogP contribution is -2.25. The molecule has 0 aromatic heterocycles. The molecule has 0 fully saturated rings. The monoisotopic (exact) mass is 197 g/mol. The zero-order chi connectivity index (χ0) is 9.84. The van der Waals surface area contributed by atoms with Gasteiger partial charge in [-0.05, 0) is 17.2 Å². The summed E-state index contributed by atoms with van der Waals surface area (Å²) in [6.45, 7) is 0. The number of rotatable bonds is 3.